The smallest absolute Gasteiger partial charge is 0.243 e. The third-order valence-corrected chi connectivity index (χ3v) is 8.54. The summed E-state index contributed by atoms with van der Waals surface area (Å²) in [7, 11) is -3.86. The second-order valence-electron chi connectivity index (χ2n) is 10.2. The second kappa shape index (κ2) is 15.2. The number of nitrogens with one attached hydrogen (secondary N) is 1. The number of hydrogen-bond acceptors (Lipinski definition) is 4. The van der Waals surface area contributed by atoms with Gasteiger partial charge in [0, 0.05) is 42.5 Å². The monoisotopic (exact) mass is 663 g/mol. The topological polar surface area (TPSA) is 86.8 Å². The van der Waals surface area contributed by atoms with Crippen molar-refractivity contribution in [3.8, 4) is 0 Å². The highest BCUT2D eigenvalue weighted by atomic mass is 79.9. The summed E-state index contributed by atoms with van der Waals surface area (Å²) in [5.41, 5.74) is 1.66. The van der Waals surface area contributed by atoms with E-state index in [1.165, 1.54) is 11.0 Å². The lowest BCUT2D eigenvalue weighted by molar-refractivity contribution is -0.141. The summed E-state index contributed by atoms with van der Waals surface area (Å²) in [5, 5.41) is 3.01. The molecule has 11 heteroatoms. The summed E-state index contributed by atoms with van der Waals surface area (Å²) in [6, 6.07) is 18.8. The van der Waals surface area contributed by atoms with Gasteiger partial charge in [0.2, 0.25) is 21.8 Å². The van der Waals surface area contributed by atoms with E-state index in [2.05, 4.69) is 21.2 Å². The van der Waals surface area contributed by atoms with Crippen LogP contribution in [0.2, 0.25) is 0 Å². The third-order valence-electron chi connectivity index (χ3n) is 6.86. The number of nitrogens with zero attached hydrogens (tertiary/aromatic N) is 2. The van der Waals surface area contributed by atoms with Crippen LogP contribution in [0.1, 0.15) is 44.2 Å². The Bertz CT molecular complexity index is 1470. The lowest BCUT2D eigenvalue weighted by Gasteiger charge is -2.32. The van der Waals surface area contributed by atoms with Crippen molar-refractivity contribution in [2.24, 2.45) is 0 Å². The molecule has 0 heterocycles. The van der Waals surface area contributed by atoms with Crippen LogP contribution in [-0.2, 0) is 32.6 Å². The Labute approximate surface area is 255 Å². The van der Waals surface area contributed by atoms with Crippen LogP contribution in [0.25, 0.3) is 0 Å². The van der Waals surface area contributed by atoms with Gasteiger partial charge in [0.25, 0.3) is 0 Å². The van der Waals surface area contributed by atoms with Gasteiger partial charge in [-0.05, 0) is 55.2 Å². The number of anilines is 1. The summed E-state index contributed by atoms with van der Waals surface area (Å²) < 4.78 is 54.1. The van der Waals surface area contributed by atoms with E-state index >= 15 is 0 Å². The van der Waals surface area contributed by atoms with Crippen molar-refractivity contribution in [2.75, 3.05) is 17.1 Å². The summed E-state index contributed by atoms with van der Waals surface area (Å²) >= 11 is 3.46. The normalized spacial score (nSPS) is 12.8. The standard InChI is InChI=1S/C31H36BrF2N3O4S/c1-4-22(2)35-31(39)29(19-23-10-6-5-7-11-23)36(21-24-12-8-13-25(32)18-24)30(38)14-9-17-37(42(3,40)41)26-15-16-27(33)28(34)20-26/h5-8,10-13,15-16,18,20,22,29H,4,9,14,17,19,21H2,1-3H3,(H,35,39). The van der Waals surface area contributed by atoms with E-state index in [1.54, 1.807) is 0 Å². The Hall–Kier alpha value is -3.31. The van der Waals surface area contributed by atoms with Gasteiger partial charge in [-0.3, -0.25) is 13.9 Å². The molecule has 3 rings (SSSR count). The van der Waals surface area contributed by atoms with E-state index in [1.807, 2.05) is 68.4 Å². The minimum absolute atomic E-state index is 0.0373. The molecule has 3 aromatic rings. The number of halogens is 3. The summed E-state index contributed by atoms with van der Waals surface area (Å²) in [5.74, 6) is -2.88. The van der Waals surface area contributed by atoms with Crippen molar-refractivity contribution in [3.63, 3.8) is 0 Å². The molecule has 0 saturated heterocycles. The zero-order valence-electron chi connectivity index (χ0n) is 23.9. The fourth-order valence-electron chi connectivity index (χ4n) is 4.47. The first-order chi connectivity index (χ1) is 19.9. The molecule has 3 aromatic carbocycles. The summed E-state index contributed by atoms with van der Waals surface area (Å²) in [6.07, 6.45) is 1.98. The van der Waals surface area contributed by atoms with Crippen LogP contribution in [0.5, 0.6) is 0 Å². The SMILES string of the molecule is CCC(C)NC(=O)C(Cc1ccccc1)N(Cc1cccc(Br)c1)C(=O)CCCN(c1ccc(F)c(F)c1)S(C)(=O)=O. The number of benzene rings is 3. The van der Waals surface area contributed by atoms with Crippen LogP contribution in [0.4, 0.5) is 14.5 Å². The molecule has 0 spiro atoms. The van der Waals surface area contributed by atoms with Gasteiger partial charge in [-0.25, -0.2) is 17.2 Å². The average Bonchev–Trinajstić information content (AvgIpc) is 2.94. The maximum absolute atomic E-state index is 13.9. The van der Waals surface area contributed by atoms with Crippen LogP contribution in [-0.4, -0.2) is 50.0 Å². The Morgan fingerprint density at radius 3 is 2.26 bits per heavy atom. The van der Waals surface area contributed by atoms with Crippen molar-refractivity contribution in [2.45, 2.75) is 58.2 Å². The summed E-state index contributed by atoms with van der Waals surface area (Å²) in [6.45, 7) is 3.88. The molecule has 226 valence electrons. The lowest BCUT2D eigenvalue weighted by atomic mass is 10.0. The van der Waals surface area contributed by atoms with Crippen molar-refractivity contribution in [3.05, 3.63) is 100 Å². The number of rotatable bonds is 14. The van der Waals surface area contributed by atoms with Crippen molar-refractivity contribution in [1.29, 1.82) is 0 Å². The van der Waals surface area contributed by atoms with E-state index in [9.17, 15) is 26.8 Å². The minimum atomic E-state index is -3.86. The molecular weight excluding hydrogens is 628 g/mol. The van der Waals surface area contributed by atoms with Crippen LogP contribution in [0.3, 0.4) is 0 Å². The molecule has 0 aliphatic carbocycles. The first-order valence-corrected chi connectivity index (χ1v) is 16.3. The largest absolute Gasteiger partial charge is 0.352 e. The van der Waals surface area contributed by atoms with Crippen LogP contribution in [0.15, 0.2) is 77.3 Å². The molecule has 0 saturated carbocycles. The van der Waals surface area contributed by atoms with Gasteiger partial charge < -0.3 is 10.2 Å². The molecular formula is C31H36BrF2N3O4S. The molecule has 1 N–H and O–H groups in total. The maximum atomic E-state index is 13.9. The number of sulfonamides is 1. The first-order valence-electron chi connectivity index (χ1n) is 13.7. The van der Waals surface area contributed by atoms with Crippen molar-refractivity contribution < 1.29 is 26.8 Å². The van der Waals surface area contributed by atoms with E-state index in [-0.39, 0.29) is 55.9 Å². The van der Waals surface area contributed by atoms with Crippen molar-refractivity contribution in [1.82, 2.24) is 10.2 Å². The van der Waals surface area contributed by atoms with Gasteiger partial charge in [0.15, 0.2) is 11.6 Å². The van der Waals surface area contributed by atoms with Crippen LogP contribution in [0, 0.1) is 11.6 Å². The fourth-order valence-corrected chi connectivity index (χ4v) is 5.88. The molecule has 0 aliphatic heterocycles. The lowest BCUT2D eigenvalue weighted by Crippen LogP contribution is -2.52. The predicted molar refractivity (Wildman–Crippen MR) is 164 cm³/mol. The van der Waals surface area contributed by atoms with Crippen molar-refractivity contribution >= 4 is 43.5 Å². The van der Waals surface area contributed by atoms with Gasteiger partial charge >= 0.3 is 0 Å². The van der Waals surface area contributed by atoms with Crippen LogP contribution < -0.4 is 9.62 Å². The Kier molecular flexibility index (Phi) is 12.0. The van der Waals surface area contributed by atoms with Gasteiger partial charge in [-0.2, -0.15) is 0 Å². The fraction of sp³-hybridized carbons (Fsp3) is 0.355. The Morgan fingerprint density at radius 2 is 1.64 bits per heavy atom. The van der Waals surface area contributed by atoms with E-state index < -0.39 is 27.7 Å². The maximum Gasteiger partial charge on any atom is 0.243 e. The molecule has 2 unspecified atom stereocenters. The highest BCUT2D eigenvalue weighted by Crippen LogP contribution is 2.23. The first kappa shape index (κ1) is 33.2. The van der Waals surface area contributed by atoms with E-state index in [4.69, 9.17) is 0 Å². The number of hydrogen-bond donors (Lipinski definition) is 1. The van der Waals surface area contributed by atoms with Gasteiger partial charge in [0.05, 0.1) is 11.9 Å². The third kappa shape index (κ3) is 9.62. The Morgan fingerprint density at radius 1 is 0.952 bits per heavy atom. The second-order valence-corrected chi connectivity index (χ2v) is 13.0. The van der Waals surface area contributed by atoms with Crippen LogP contribution >= 0.6 is 15.9 Å². The quantitative estimate of drug-likeness (QED) is 0.235. The Balaban J connectivity index is 1.90. The molecule has 0 bridgehead atoms. The summed E-state index contributed by atoms with van der Waals surface area (Å²) in [4.78, 5) is 29.0. The van der Waals surface area contributed by atoms with Gasteiger partial charge in [-0.15, -0.1) is 0 Å². The van der Waals surface area contributed by atoms with Gasteiger partial charge in [-0.1, -0.05) is 65.3 Å². The van der Waals surface area contributed by atoms with Gasteiger partial charge in [0.1, 0.15) is 6.04 Å². The average molecular weight is 665 g/mol. The zero-order chi connectivity index (χ0) is 30.9. The van der Waals surface area contributed by atoms with E-state index in [0.29, 0.717) is 6.42 Å². The molecule has 2 amide bonds. The molecule has 0 fully saturated rings. The molecule has 0 aliphatic rings. The number of carbonyl (C=O) groups excluding carboxylic acids is 2. The highest BCUT2D eigenvalue weighted by molar-refractivity contribution is 9.10. The minimum Gasteiger partial charge on any atom is -0.352 e. The molecule has 0 radical (unpaired) electrons. The molecule has 42 heavy (non-hydrogen) atoms. The highest BCUT2D eigenvalue weighted by Gasteiger charge is 2.31. The molecule has 7 nitrogen and oxygen atoms in total. The zero-order valence-corrected chi connectivity index (χ0v) is 26.3. The number of amides is 2. The molecule has 0 aromatic heterocycles. The number of carbonyl (C=O) groups is 2. The predicted octanol–water partition coefficient (Wildman–Crippen LogP) is 5.83. The van der Waals surface area contributed by atoms with E-state index in [0.717, 1.165) is 38.3 Å². The molecule has 2 atom stereocenters.